The van der Waals surface area contributed by atoms with E-state index < -0.39 is 5.95 Å². The predicted molar refractivity (Wildman–Crippen MR) is 97.4 cm³/mol. The van der Waals surface area contributed by atoms with Gasteiger partial charge in [-0.1, -0.05) is 13.8 Å². The highest BCUT2D eigenvalue weighted by molar-refractivity contribution is 5.65. The van der Waals surface area contributed by atoms with E-state index in [1.165, 1.54) is 0 Å². The van der Waals surface area contributed by atoms with E-state index in [1.807, 2.05) is 36.9 Å². The Balaban J connectivity index is 2.04. The Morgan fingerprint density at radius 2 is 1.92 bits per heavy atom. The predicted octanol–water partition coefficient (Wildman–Crippen LogP) is 4.38. The first kappa shape index (κ1) is 17.9. The van der Waals surface area contributed by atoms with Crippen LogP contribution in [0.15, 0.2) is 18.3 Å². The molecule has 0 amide bonds. The maximum Gasteiger partial charge on any atom is 0.224 e. The standard InChI is InChI=1S/C19H27FN4O/c1-12(2)16-11-21-24(14-7-9-25-10-8-14)18(16)15-5-6-17(22-13(3)4)23-19(15)20/h5-6,11-14H,7-10H2,1-4H3,(H,22,23). The molecular weight excluding hydrogens is 319 g/mol. The third-order valence-electron chi connectivity index (χ3n) is 4.52. The van der Waals surface area contributed by atoms with Gasteiger partial charge in [-0.25, -0.2) is 4.98 Å². The summed E-state index contributed by atoms with van der Waals surface area (Å²) in [4.78, 5) is 4.11. The highest BCUT2D eigenvalue weighted by Crippen LogP contribution is 2.35. The third kappa shape index (κ3) is 3.84. The topological polar surface area (TPSA) is 52.0 Å². The molecule has 1 aliphatic rings. The fourth-order valence-corrected chi connectivity index (χ4v) is 3.27. The maximum absolute atomic E-state index is 14.8. The molecule has 0 aliphatic carbocycles. The Labute approximate surface area is 148 Å². The molecule has 0 atom stereocenters. The first-order chi connectivity index (χ1) is 12.0. The molecule has 0 unspecified atom stereocenters. The number of aromatic nitrogens is 3. The number of nitrogens with one attached hydrogen (secondary N) is 1. The number of ether oxygens (including phenoxy) is 1. The molecule has 1 fully saturated rings. The van der Waals surface area contributed by atoms with Crippen LogP contribution in [-0.4, -0.2) is 34.0 Å². The summed E-state index contributed by atoms with van der Waals surface area (Å²) in [6, 6.07) is 4.09. The molecule has 136 valence electrons. The molecule has 6 heteroatoms. The van der Waals surface area contributed by atoms with Crippen LogP contribution in [0.4, 0.5) is 10.2 Å². The minimum Gasteiger partial charge on any atom is -0.381 e. The van der Waals surface area contributed by atoms with Gasteiger partial charge in [-0.2, -0.15) is 9.49 Å². The Bertz CT molecular complexity index is 720. The number of anilines is 1. The lowest BCUT2D eigenvalue weighted by Crippen LogP contribution is -2.21. The van der Waals surface area contributed by atoms with E-state index in [0.29, 0.717) is 11.4 Å². The van der Waals surface area contributed by atoms with Crippen molar-refractivity contribution >= 4 is 5.82 Å². The van der Waals surface area contributed by atoms with Crippen LogP contribution >= 0.6 is 0 Å². The zero-order chi connectivity index (χ0) is 18.0. The monoisotopic (exact) mass is 346 g/mol. The molecule has 5 nitrogen and oxygen atoms in total. The van der Waals surface area contributed by atoms with Gasteiger partial charge in [0.1, 0.15) is 5.82 Å². The molecule has 0 bridgehead atoms. The maximum atomic E-state index is 14.8. The summed E-state index contributed by atoms with van der Waals surface area (Å²) in [5.41, 5.74) is 2.42. The molecule has 1 aliphatic heterocycles. The van der Waals surface area contributed by atoms with Gasteiger partial charge in [-0.05, 0) is 44.7 Å². The lowest BCUT2D eigenvalue weighted by atomic mass is 9.99. The summed E-state index contributed by atoms with van der Waals surface area (Å²) in [6.45, 7) is 9.66. The summed E-state index contributed by atoms with van der Waals surface area (Å²) < 4.78 is 22.3. The van der Waals surface area contributed by atoms with E-state index in [0.717, 1.165) is 37.3 Å². The van der Waals surface area contributed by atoms with Crippen LogP contribution in [0.25, 0.3) is 11.3 Å². The summed E-state index contributed by atoms with van der Waals surface area (Å²) in [5, 5.41) is 7.74. The van der Waals surface area contributed by atoms with Crippen molar-refractivity contribution in [1.82, 2.24) is 14.8 Å². The van der Waals surface area contributed by atoms with Crippen LogP contribution in [0.5, 0.6) is 0 Å². The van der Waals surface area contributed by atoms with E-state index in [4.69, 9.17) is 4.74 Å². The second kappa shape index (κ2) is 7.52. The molecule has 0 spiro atoms. The van der Waals surface area contributed by atoms with Crippen molar-refractivity contribution in [1.29, 1.82) is 0 Å². The van der Waals surface area contributed by atoms with Crippen LogP contribution in [0.1, 0.15) is 58.1 Å². The first-order valence-corrected chi connectivity index (χ1v) is 9.06. The Morgan fingerprint density at radius 1 is 1.20 bits per heavy atom. The number of halogens is 1. The van der Waals surface area contributed by atoms with Crippen LogP contribution < -0.4 is 5.32 Å². The molecule has 0 aromatic carbocycles. The number of nitrogens with zero attached hydrogens (tertiary/aromatic N) is 3. The van der Waals surface area contributed by atoms with Crippen molar-refractivity contribution in [3.63, 3.8) is 0 Å². The van der Waals surface area contributed by atoms with Crippen LogP contribution in [0, 0.1) is 5.95 Å². The van der Waals surface area contributed by atoms with Crippen LogP contribution in [0.3, 0.4) is 0 Å². The number of hydrogen-bond donors (Lipinski definition) is 1. The molecule has 2 aromatic heterocycles. The number of rotatable bonds is 5. The smallest absolute Gasteiger partial charge is 0.224 e. The zero-order valence-corrected chi connectivity index (χ0v) is 15.4. The molecule has 25 heavy (non-hydrogen) atoms. The molecule has 0 radical (unpaired) electrons. The molecule has 2 aromatic rings. The SMILES string of the molecule is CC(C)Nc1ccc(-c2c(C(C)C)cnn2C2CCOCC2)c(F)n1. The average Bonchev–Trinajstić information content (AvgIpc) is 3.00. The highest BCUT2D eigenvalue weighted by Gasteiger charge is 2.25. The van der Waals surface area contributed by atoms with Gasteiger partial charge in [0.25, 0.3) is 0 Å². The fraction of sp³-hybridized carbons (Fsp3) is 0.579. The lowest BCUT2D eigenvalue weighted by molar-refractivity contribution is 0.0667. The Hall–Kier alpha value is -1.95. The van der Waals surface area contributed by atoms with Crippen molar-refractivity contribution in [2.75, 3.05) is 18.5 Å². The van der Waals surface area contributed by atoms with Gasteiger partial charge in [0.2, 0.25) is 5.95 Å². The van der Waals surface area contributed by atoms with E-state index in [2.05, 4.69) is 29.2 Å². The minimum absolute atomic E-state index is 0.205. The van der Waals surface area contributed by atoms with Crippen molar-refractivity contribution in [2.24, 2.45) is 0 Å². The Morgan fingerprint density at radius 3 is 2.52 bits per heavy atom. The van der Waals surface area contributed by atoms with Crippen molar-refractivity contribution < 1.29 is 9.13 Å². The second-order valence-electron chi connectivity index (χ2n) is 7.23. The van der Waals surface area contributed by atoms with Gasteiger partial charge in [0, 0.05) is 24.8 Å². The fourth-order valence-electron chi connectivity index (χ4n) is 3.27. The zero-order valence-electron chi connectivity index (χ0n) is 15.4. The Kier molecular flexibility index (Phi) is 5.37. The van der Waals surface area contributed by atoms with Gasteiger partial charge in [-0.15, -0.1) is 0 Å². The van der Waals surface area contributed by atoms with E-state index in [1.54, 1.807) is 0 Å². The lowest BCUT2D eigenvalue weighted by Gasteiger charge is -2.25. The van der Waals surface area contributed by atoms with E-state index in [9.17, 15) is 4.39 Å². The van der Waals surface area contributed by atoms with Crippen molar-refractivity contribution in [2.45, 2.75) is 58.5 Å². The number of pyridine rings is 1. The summed E-state index contributed by atoms with van der Waals surface area (Å²) in [6.07, 6.45) is 3.66. The highest BCUT2D eigenvalue weighted by atomic mass is 19.1. The van der Waals surface area contributed by atoms with Crippen molar-refractivity contribution in [3.8, 4) is 11.3 Å². The summed E-state index contributed by atoms with van der Waals surface area (Å²) in [7, 11) is 0. The van der Waals surface area contributed by atoms with Gasteiger partial charge >= 0.3 is 0 Å². The summed E-state index contributed by atoms with van der Waals surface area (Å²) in [5.74, 6) is 0.359. The second-order valence-corrected chi connectivity index (χ2v) is 7.23. The normalized spacial score (nSPS) is 16.0. The summed E-state index contributed by atoms with van der Waals surface area (Å²) >= 11 is 0. The minimum atomic E-state index is -0.457. The molecular formula is C19H27FN4O. The van der Waals surface area contributed by atoms with Crippen molar-refractivity contribution in [3.05, 3.63) is 29.8 Å². The molecule has 1 saturated heterocycles. The third-order valence-corrected chi connectivity index (χ3v) is 4.52. The largest absolute Gasteiger partial charge is 0.381 e. The molecule has 3 rings (SSSR count). The van der Waals surface area contributed by atoms with Crippen LogP contribution in [0.2, 0.25) is 0 Å². The molecule has 0 saturated carbocycles. The molecule has 3 heterocycles. The average molecular weight is 346 g/mol. The van der Waals surface area contributed by atoms with Gasteiger partial charge in [-0.3, -0.25) is 4.68 Å². The van der Waals surface area contributed by atoms with Gasteiger partial charge in [0.05, 0.1) is 23.5 Å². The molecule has 1 N–H and O–H groups in total. The number of hydrogen-bond acceptors (Lipinski definition) is 4. The van der Waals surface area contributed by atoms with Gasteiger partial charge < -0.3 is 10.1 Å². The quantitative estimate of drug-likeness (QED) is 0.816. The van der Waals surface area contributed by atoms with Crippen LogP contribution in [-0.2, 0) is 4.74 Å². The van der Waals surface area contributed by atoms with E-state index in [-0.39, 0.29) is 18.0 Å². The van der Waals surface area contributed by atoms with E-state index >= 15 is 0 Å². The van der Waals surface area contributed by atoms with Gasteiger partial charge in [0.15, 0.2) is 0 Å². The first-order valence-electron chi connectivity index (χ1n) is 9.06.